The minimum Gasteiger partial charge on any atom is -0.334 e. The van der Waals surface area contributed by atoms with Gasteiger partial charge in [-0.15, -0.1) is 0 Å². The van der Waals surface area contributed by atoms with Crippen molar-refractivity contribution in [3.8, 4) is 0 Å². The summed E-state index contributed by atoms with van der Waals surface area (Å²) in [6.07, 6.45) is 0.949. The number of amides is 1. The number of carbonyl (C=O) groups excluding carboxylic acids is 1. The van der Waals surface area contributed by atoms with Crippen LogP contribution >= 0.6 is 11.6 Å². The Labute approximate surface area is 120 Å². The van der Waals surface area contributed by atoms with Gasteiger partial charge in [-0.1, -0.05) is 11.6 Å². The molecule has 7 heteroatoms. The standard InChI is InChI=1S/C13H14ClN3O3/c14-9-1-2-10(11(5-9)17(19)20)13(18)16-4-3-8-6-15-7-12(8)16/h1-2,5,8,12,15H,3-4,6-7H2/t8-,12+/m0/s1. The highest BCUT2D eigenvalue weighted by Gasteiger charge is 2.41. The van der Waals surface area contributed by atoms with E-state index >= 15 is 0 Å². The second-order valence-corrected chi connectivity index (χ2v) is 5.63. The van der Waals surface area contributed by atoms with E-state index in [2.05, 4.69) is 5.32 Å². The van der Waals surface area contributed by atoms with Crippen molar-refractivity contribution >= 4 is 23.2 Å². The van der Waals surface area contributed by atoms with E-state index in [0.29, 0.717) is 12.5 Å². The molecule has 2 heterocycles. The maximum atomic E-state index is 12.6. The molecule has 1 N–H and O–H groups in total. The summed E-state index contributed by atoms with van der Waals surface area (Å²) in [4.78, 5) is 24.9. The maximum absolute atomic E-state index is 12.6. The minimum absolute atomic E-state index is 0.118. The lowest BCUT2D eigenvalue weighted by Crippen LogP contribution is -2.39. The van der Waals surface area contributed by atoms with Crippen LogP contribution in [0, 0.1) is 16.0 Å². The number of hydrogen-bond donors (Lipinski definition) is 1. The second kappa shape index (κ2) is 5.03. The first-order valence-corrected chi connectivity index (χ1v) is 6.91. The van der Waals surface area contributed by atoms with Gasteiger partial charge in [-0.2, -0.15) is 0 Å². The van der Waals surface area contributed by atoms with Gasteiger partial charge in [0.1, 0.15) is 5.56 Å². The Hall–Kier alpha value is -1.66. The number of carbonyl (C=O) groups is 1. The van der Waals surface area contributed by atoms with Gasteiger partial charge in [0, 0.05) is 36.8 Å². The van der Waals surface area contributed by atoms with Gasteiger partial charge < -0.3 is 10.2 Å². The molecule has 2 fully saturated rings. The van der Waals surface area contributed by atoms with E-state index < -0.39 is 4.92 Å². The number of rotatable bonds is 2. The lowest BCUT2D eigenvalue weighted by atomic mass is 10.0. The van der Waals surface area contributed by atoms with Crippen molar-refractivity contribution in [3.05, 3.63) is 38.9 Å². The van der Waals surface area contributed by atoms with Crippen molar-refractivity contribution in [1.82, 2.24) is 10.2 Å². The molecule has 1 aromatic rings. The van der Waals surface area contributed by atoms with Crippen molar-refractivity contribution < 1.29 is 9.72 Å². The number of fused-ring (bicyclic) bond motifs is 1. The molecule has 20 heavy (non-hydrogen) atoms. The molecule has 1 aromatic carbocycles. The van der Waals surface area contributed by atoms with E-state index in [-0.39, 0.29) is 28.2 Å². The molecule has 6 nitrogen and oxygen atoms in total. The van der Waals surface area contributed by atoms with Gasteiger partial charge in [-0.3, -0.25) is 14.9 Å². The molecule has 2 aliphatic rings. The number of nitrogens with one attached hydrogen (secondary N) is 1. The van der Waals surface area contributed by atoms with Gasteiger partial charge in [0.2, 0.25) is 0 Å². The van der Waals surface area contributed by atoms with Gasteiger partial charge >= 0.3 is 0 Å². The molecule has 0 bridgehead atoms. The summed E-state index contributed by atoms with van der Waals surface area (Å²) >= 11 is 5.78. The number of nitro benzene ring substituents is 1. The molecule has 0 spiro atoms. The Balaban J connectivity index is 1.93. The first-order valence-electron chi connectivity index (χ1n) is 6.53. The van der Waals surface area contributed by atoms with Gasteiger partial charge in [0.15, 0.2) is 0 Å². The molecule has 0 radical (unpaired) electrons. The lowest BCUT2D eigenvalue weighted by Gasteiger charge is -2.23. The van der Waals surface area contributed by atoms with Crippen molar-refractivity contribution in [1.29, 1.82) is 0 Å². The van der Waals surface area contributed by atoms with Crippen molar-refractivity contribution in [2.75, 3.05) is 19.6 Å². The highest BCUT2D eigenvalue weighted by molar-refractivity contribution is 6.31. The fourth-order valence-electron chi connectivity index (χ4n) is 3.09. The van der Waals surface area contributed by atoms with E-state index in [0.717, 1.165) is 19.5 Å². The van der Waals surface area contributed by atoms with Gasteiger partial charge in [-0.05, 0) is 24.5 Å². The van der Waals surface area contributed by atoms with Crippen LogP contribution in [0.3, 0.4) is 0 Å². The monoisotopic (exact) mass is 295 g/mol. The van der Waals surface area contributed by atoms with Crippen LogP contribution in [0.25, 0.3) is 0 Å². The topological polar surface area (TPSA) is 75.5 Å². The van der Waals surface area contributed by atoms with E-state index in [1.807, 2.05) is 0 Å². The Morgan fingerprint density at radius 3 is 3.00 bits per heavy atom. The Morgan fingerprint density at radius 1 is 1.45 bits per heavy atom. The third-order valence-corrected chi connectivity index (χ3v) is 4.33. The largest absolute Gasteiger partial charge is 0.334 e. The van der Waals surface area contributed by atoms with Crippen LogP contribution in [0.15, 0.2) is 18.2 Å². The summed E-state index contributed by atoms with van der Waals surface area (Å²) < 4.78 is 0. The average Bonchev–Trinajstić information content (AvgIpc) is 3.00. The van der Waals surface area contributed by atoms with E-state index in [1.165, 1.54) is 18.2 Å². The van der Waals surface area contributed by atoms with Gasteiger partial charge in [0.25, 0.3) is 11.6 Å². The Morgan fingerprint density at radius 2 is 2.25 bits per heavy atom. The molecule has 1 amide bonds. The zero-order valence-electron chi connectivity index (χ0n) is 10.7. The maximum Gasteiger partial charge on any atom is 0.283 e. The third-order valence-electron chi connectivity index (χ3n) is 4.09. The van der Waals surface area contributed by atoms with Crippen LogP contribution in [-0.4, -0.2) is 41.4 Å². The van der Waals surface area contributed by atoms with Crippen LogP contribution < -0.4 is 5.32 Å². The molecule has 0 unspecified atom stereocenters. The number of benzene rings is 1. The number of hydrogen-bond acceptors (Lipinski definition) is 4. The highest BCUT2D eigenvalue weighted by Crippen LogP contribution is 2.31. The first-order chi connectivity index (χ1) is 9.58. The van der Waals surface area contributed by atoms with Crippen LogP contribution in [-0.2, 0) is 0 Å². The van der Waals surface area contributed by atoms with Crippen molar-refractivity contribution in [2.24, 2.45) is 5.92 Å². The zero-order chi connectivity index (χ0) is 14.3. The van der Waals surface area contributed by atoms with E-state index in [4.69, 9.17) is 11.6 Å². The molecule has 0 aliphatic carbocycles. The summed E-state index contributed by atoms with van der Waals surface area (Å²) in [6, 6.07) is 4.34. The predicted molar refractivity (Wildman–Crippen MR) is 73.9 cm³/mol. The van der Waals surface area contributed by atoms with Gasteiger partial charge in [-0.25, -0.2) is 0 Å². The fourth-order valence-corrected chi connectivity index (χ4v) is 3.26. The Bertz CT molecular complexity index is 578. The van der Waals surface area contributed by atoms with Crippen LogP contribution in [0.2, 0.25) is 5.02 Å². The molecule has 106 valence electrons. The number of halogens is 1. The molecule has 3 rings (SSSR count). The summed E-state index contributed by atoms with van der Waals surface area (Å²) in [5.41, 5.74) is -0.108. The van der Waals surface area contributed by atoms with Crippen LogP contribution in [0.4, 0.5) is 5.69 Å². The zero-order valence-corrected chi connectivity index (χ0v) is 11.5. The van der Waals surface area contributed by atoms with Crippen molar-refractivity contribution in [3.63, 3.8) is 0 Å². The third kappa shape index (κ3) is 2.14. The number of nitro groups is 1. The quantitative estimate of drug-likeness (QED) is 0.665. The predicted octanol–water partition coefficient (Wildman–Crippen LogP) is 1.68. The second-order valence-electron chi connectivity index (χ2n) is 5.19. The first kappa shape index (κ1) is 13.3. The lowest BCUT2D eigenvalue weighted by molar-refractivity contribution is -0.385. The van der Waals surface area contributed by atoms with Crippen molar-refractivity contribution in [2.45, 2.75) is 12.5 Å². The normalized spacial score (nSPS) is 24.8. The van der Waals surface area contributed by atoms with Crippen LogP contribution in [0.5, 0.6) is 0 Å². The molecule has 0 saturated carbocycles. The number of likely N-dealkylation sites (tertiary alicyclic amines) is 1. The SMILES string of the molecule is O=C(c1ccc(Cl)cc1[N+](=O)[O-])N1CC[C@H]2CNC[C@H]21. The number of nitrogens with zero attached hydrogens (tertiary/aromatic N) is 2. The summed E-state index contributed by atoms with van der Waals surface area (Å²) in [5, 5.41) is 14.6. The molecule has 0 aromatic heterocycles. The van der Waals surface area contributed by atoms with Gasteiger partial charge in [0.05, 0.1) is 4.92 Å². The molecular formula is C13H14ClN3O3. The molecular weight excluding hydrogens is 282 g/mol. The molecule has 2 saturated heterocycles. The molecule has 2 atom stereocenters. The Kier molecular flexibility index (Phi) is 3.35. The van der Waals surface area contributed by atoms with E-state index in [9.17, 15) is 14.9 Å². The summed E-state index contributed by atoms with van der Waals surface area (Å²) in [5.74, 6) is 0.190. The average molecular weight is 296 g/mol. The summed E-state index contributed by atoms with van der Waals surface area (Å²) in [7, 11) is 0. The molecule has 2 aliphatic heterocycles. The fraction of sp³-hybridized carbons (Fsp3) is 0.462. The smallest absolute Gasteiger partial charge is 0.283 e. The van der Waals surface area contributed by atoms with E-state index in [1.54, 1.807) is 4.90 Å². The summed E-state index contributed by atoms with van der Waals surface area (Å²) in [6.45, 7) is 2.34. The highest BCUT2D eigenvalue weighted by atomic mass is 35.5. The minimum atomic E-state index is -0.556. The van der Waals surface area contributed by atoms with Crippen LogP contribution in [0.1, 0.15) is 16.8 Å².